The third-order valence-corrected chi connectivity index (χ3v) is 2.21. The Morgan fingerprint density at radius 3 is 1.46 bits per heavy atom. The van der Waals surface area contributed by atoms with Crippen molar-refractivity contribution in [2.45, 2.75) is 44.7 Å². The van der Waals surface area contributed by atoms with Gasteiger partial charge in [-0.1, -0.05) is 0 Å². The molecule has 0 aliphatic carbocycles. The largest absolute Gasteiger partial charge is 0.453 e. The van der Waals surface area contributed by atoms with E-state index in [0.29, 0.717) is 0 Å². The summed E-state index contributed by atoms with van der Waals surface area (Å²) in [6, 6.07) is 0. The molecular formula is C8H16O5. The fourth-order valence-electron chi connectivity index (χ4n) is 1.43. The van der Waals surface area contributed by atoms with E-state index in [9.17, 15) is 20.1 Å². The molecule has 5 heteroatoms. The van der Waals surface area contributed by atoms with Crippen molar-refractivity contribution in [1.29, 1.82) is 0 Å². The minimum absolute atomic E-state index is 0.103. The van der Waals surface area contributed by atoms with E-state index in [1.54, 1.807) is 0 Å². The monoisotopic (exact) mass is 192 g/mol. The molecule has 0 heterocycles. The van der Waals surface area contributed by atoms with E-state index >= 15 is 0 Å². The zero-order chi connectivity index (χ0) is 10.6. The lowest BCUT2D eigenvalue weighted by Crippen LogP contribution is -2.59. The number of rotatable bonds is 5. The molecular weight excluding hydrogens is 176 g/mol. The fraction of sp³-hybridized carbons (Fsp3) is 0.875. The van der Waals surface area contributed by atoms with E-state index in [2.05, 4.69) is 4.74 Å². The van der Waals surface area contributed by atoms with Crippen molar-refractivity contribution < 1.29 is 24.9 Å². The Kier molecular flexibility index (Phi) is 4.32. The molecule has 0 rings (SSSR count). The number of carbonyl (C=O) groups is 1. The summed E-state index contributed by atoms with van der Waals surface area (Å²) in [6.07, 6.45) is -3.46. The van der Waals surface area contributed by atoms with E-state index in [0.717, 1.165) is 0 Å². The van der Waals surface area contributed by atoms with Crippen molar-refractivity contribution >= 4 is 6.47 Å². The van der Waals surface area contributed by atoms with Crippen LogP contribution in [-0.2, 0) is 9.53 Å². The molecule has 3 unspecified atom stereocenters. The molecule has 78 valence electrons. The van der Waals surface area contributed by atoms with Crippen LogP contribution >= 0.6 is 0 Å². The summed E-state index contributed by atoms with van der Waals surface area (Å²) in [6.45, 7) is 4.11. The Morgan fingerprint density at radius 1 is 1.08 bits per heavy atom. The minimum Gasteiger partial charge on any atom is -0.453 e. The number of aliphatic hydroxyl groups excluding tert-OH is 3. The third kappa shape index (κ3) is 2.18. The zero-order valence-corrected chi connectivity index (χ0v) is 7.97. The van der Waals surface area contributed by atoms with Crippen LogP contribution in [0.15, 0.2) is 0 Å². The number of hydrogen-bond acceptors (Lipinski definition) is 5. The maximum atomic E-state index is 10.2. The van der Waals surface area contributed by atoms with Crippen LogP contribution in [0.2, 0.25) is 0 Å². The average molecular weight is 192 g/mol. The van der Waals surface area contributed by atoms with Gasteiger partial charge >= 0.3 is 0 Å². The lowest BCUT2D eigenvalue weighted by molar-refractivity contribution is -0.208. The molecule has 13 heavy (non-hydrogen) atoms. The molecule has 0 radical (unpaired) electrons. The van der Waals surface area contributed by atoms with Crippen LogP contribution < -0.4 is 0 Å². The third-order valence-electron chi connectivity index (χ3n) is 2.21. The van der Waals surface area contributed by atoms with Gasteiger partial charge in [-0.05, 0) is 20.8 Å². The number of aliphatic hydroxyl groups is 3. The Balaban J connectivity index is 4.92. The second-order valence-corrected chi connectivity index (χ2v) is 3.10. The highest BCUT2D eigenvalue weighted by Crippen LogP contribution is 2.24. The smallest absolute Gasteiger partial charge is 0.293 e. The van der Waals surface area contributed by atoms with Crippen molar-refractivity contribution in [3.63, 3.8) is 0 Å². The van der Waals surface area contributed by atoms with Crippen LogP contribution in [0.4, 0.5) is 0 Å². The summed E-state index contributed by atoms with van der Waals surface area (Å²) in [7, 11) is 0. The highest BCUT2D eigenvalue weighted by Gasteiger charge is 2.47. The van der Waals surface area contributed by atoms with E-state index < -0.39 is 23.9 Å². The van der Waals surface area contributed by atoms with Crippen LogP contribution in [0.3, 0.4) is 0 Å². The Labute approximate surface area is 77.0 Å². The van der Waals surface area contributed by atoms with Gasteiger partial charge in [-0.15, -0.1) is 0 Å². The zero-order valence-electron chi connectivity index (χ0n) is 7.97. The number of ether oxygens (including phenoxy) is 1. The van der Waals surface area contributed by atoms with Gasteiger partial charge < -0.3 is 20.1 Å². The molecule has 0 aliphatic heterocycles. The molecule has 0 aromatic heterocycles. The van der Waals surface area contributed by atoms with Crippen LogP contribution in [-0.4, -0.2) is 45.7 Å². The second kappa shape index (κ2) is 4.55. The molecule has 0 aromatic rings. The van der Waals surface area contributed by atoms with Gasteiger partial charge in [-0.3, -0.25) is 4.79 Å². The van der Waals surface area contributed by atoms with Crippen LogP contribution in [0.1, 0.15) is 20.8 Å². The molecule has 0 spiro atoms. The molecule has 0 saturated carbocycles. The maximum absolute atomic E-state index is 10.2. The lowest BCUT2D eigenvalue weighted by atomic mass is 9.86. The van der Waals surface area contributed by atoms with Crippen molar-refractivity contribution in [2.24, 2.45) is 0 Å². The van der Waals surface area contributed by atoms with Crippen molar-refractivity contribution in [3.8, 4) is 0 Å². The molecule has 0 aliphatic rings. The summed E-state index contributed by atoms with van der Waals surface area (Å²) in [5.74, 6) is 0. The summed E-state index contributed by atoms with van der Waals surface area (Å²) in [5.41, 5.74) is -1.65. The van der Waals surface area contributed by atoms with Gasteiger partial charge in [-0.25, -0.2) is 0 Å². The van der Waals surface area contributed by atoms with E-state index in [1.807, 2.05) is 0 Å². The number of carbonyl (C=O) groups excluding carboxylic acids is 1. The summed E-state index contributed by atoms with van der Waals surface area (Å²) < 4.78 is 4.58. The molecule has 3 N–H and O–H groups in total. The van der Waals surface area contributed by atoms with Gasteiger partial charge in [-0.2, -0.15) is 0 Å². The van der Waals surface area contributed by atoms with Gasteiger partial charge in [0.15, 0.2) is 5.60 Å². The van der Waals surface area contributed by atoms with Crippen LogP contribution in [0.25, 0.3) is 0 Å². The van der Waals surface area contributed by atoms with Crippen molar-refractivity contribution in [2.75, 3.05) is 0 Å². The predicted octanol–water partition coefficient (Wildman–Crippen LogP) is -0.959. The van der Waals surface area contributed by atoms with Crippen molar-refractivity contribution in [1.82, 2.24) is 0 Å². The molecule has 5 nitrogen and oxygen atoms in total. The van der Waals surface area contributed by atoms with E-state index in [-0.39, 0.29) is 6.47 Å². The highest BCUT2D eigenvalue weighted by atomic mass is 16.6. The average Bonchev–Trinajstić information content (AvgIpc) is 1.97. The summed E-state index contributed by atoms with van der Waals surface area (Å²) in [5, 5.41) is 28.0. The molecule has 0 fully saturated rings. The van der Waals surface area contributed by atoms with E-state index in [1.165, 1.54) is 20.8 Å². The molecule has 0 aromatic carbocycles. The Bertz CT molecular complexity index is 142. The van der Waals surface area contributed by atoms with Gasteiger partial charge in [0.2, 0.25) is 0 Å². The van der Waals surface area contributed by atoms with Gasteiger partial charge in [0.25, 0.3) is 6.47 Å². The quantitative estimate of drug-likeness (QED) is 0.488. The topological polar surface area (TPSA) is 87.0 Å². The van der Waals surface area contributed by atoms with Crippen LogP contribution in [0.5, 0.6) is 0 Å². The first kappa shape index (κ1) is 12.3. The predicted molar refractivity (Wildman–Crippen MR) is 44.9 cm³/mol. The lowest BCUT2D eigenvalue weighted by Gasteiger charge is -2.39. The van der Waals surface area contributed by atoms with Crippen LogP contribution in [0, 0.1) is 0 Å². The van der Waals surface area contributed by atoms with Gasteiger partial charge in [0.1, 0.15) is 0 Å². The Hall–Kier alpha value is -0.650. The van der Waals surface area contributed by atoms with Gasteiger partial charge in [0, 0.05) is 0 Å². The second-order valence-electron chi connectivity index (χ2n) is 3.10. The number of hydrogen-bond donors (Lipinski definition) is 3. The minimum atomic E-state index is -1.65. The standard InChI is InChI=1S/C8H16O5/c1-5(10)8(6(2)11,7(3)12)13-4-9/h4-7,10-12H,1-3H3. The first-order chi connectivity index (χ1) is 5.89. The summed E-state index contributed by atoms with van der Waals surface area (Å²) in [4.78, 5) is 10.2. The molecule has 0 saturated heterocycles. The highest BCUT2D eigenvalue weighted by molar-refractivity contribution is 5.39. The normalized spacial score (nSPS) is 22.6. The molecule has 3 atom stereocenters. The SMILES string of the molecule is CC(O)C(OC=O)(C(C)O)C(C)O. The fourth-order valence-corrected chi connectivity index (χ4v) is 1.43. The maximum Gasteiger partial charge on any atom is 0.293 e. The Morgan fingerprint density at radius 2 is 1.38 bits per heavy atom. The first-order valence-corrected chi connectivity index (χ1v) is 4.05. The molecule has 0 bridgehead atoms. The molecule has 0 amide bonds. The van der Waals surface area contributed by atoms with Gasteiger partial charge in [0.05, 0.1) is 18.3 Å². The van der Waals surface area contributed by atoms with Crippen molar-refractivity contribution in [3.05, 3.63) is 0 Å². The van der Waals surface area contributed by atoms with E-state index in [4.69, 9.17) is 0 Å². The summed E-state index contributed by atoms with van der Waals surface area (Å²) >= 11 is 0. The first-order valence-electron chi connectivity index (χ1n) is 4.05.